The first-order chi connectivity index (χ1) is 17.0. The van der Waals surface area contributed by atoms with Crippen molar-refractivity contribution in [1.82, 2.24) is 10.2 Å². The number of rotatable bonds is 9. The number of ether oxygens (including phenoxy) is 3. The van der Waals surface area contributed by atoms with Gasteiger partial charge in [-0.05, 0) is 54.8 Å². The molecular formula is C27H33N3O4S. The molecule has 1 fully saturated rings. The zero-order valence-corrected chi connectivity index (χ0v) is 21.5. The molecule has 0 unspecified atom stereocenters. The van der Waals surface area contributed by atoms with E-state index in [4.69, 9.17) is 14.2 Å². The molecule has 2 aromatic carbocycles. The summed E-state index contributed by atoms with van der Waals surface area (Å²) in [6, 6.07) is 17.8. The predicted molar refractivity (Wildman–Crippen MR) is 140 cm³/mol. The number of hydrogen-bond acceptors (Lipinski definition) is 7. The summed E-state index contributed by atoms with van der Waals surface area (Å²) in [5, 5.41) is 5.32. The van der Waals surface area contributed by atoms with E-state index in [1.165, 1.54) is 10.6 Å². The number of thiophene rings is 1. The second-order valence-electron chi connectivity index (χ2n) is 8.48. The van der Waals surface area contributed by atoms with Crippen LogP contribution < -0.4 is 24.4 Å². The Morgan fingerprint density at radius 2 is 1.66 bits per heavy atom. The number of para-hydroxylation sites is 1. The molecule has 0 radical (unpaired) electrons. The number of carbonyl (C=O) groups is 1. The Balaban J connectivity index is 1.48. The first-order valence-electron chi connectivity index (χ1n) is 11.7. The van der Waals surface area contributed by atoms with Gasteiger partial charge in [0.15, 0.2) is 11.5 Å². The molecule has 0 bridgehead atoms. The molecule has 3 aromatic rings. The highest BCUT2D eigenvalue weighted by atomic mass is 32.1. The van der Waals surface area contributed by atoms with Crippen molar-refractivity contribution in [3.8, 4) is 17.2 Å². The van der Waals surface area contributed by atoms with Crippen molar-refractivity contribution in [2.45, 2.75) is 19.0 Å². The van der Waals surface area contributed by atoms with Crippen molar-refractivity contribution < 1.29 is 19.0 Å². The zero-order chi connectivity index (χ0) is 24.8. The van der Waals surface area contributed by atoms with Crippen molar-refractivity contribution >= 4 is 22.9 Å². The summed E-state index contributed by atoms with van der Waals surface area (Å²) in [5.74, 6) is 1.67. The van der Waals surface area contributed by atoms with Gasteiger partial charge in [-0.15, -0.1) is 11.3 Å². The minimum atomic E-state index is -0.174. The summed E-state index contributed by atoms with van der Waals surface area (Å²) in [5.41, 5.74) is 1.66. The second kappa shape index (κ2) is 11.5. The molecule has 186 valence electrons. The molecule has 2 atom stereocenters. The monoisotopic (exact) mass is 495 g/mol. The van der Waals surface area contributed by atoms with E-state index in [9.17, 15) is 4.79 Å². The fraction of sp³-hybridized carbons (Fsp3) is 0.370. The van der Waals surface area contributed by atoms with Crippen LogP contribution in [0.4, 0.5) is 5.69 Å². The summed E-state index contributed by atoms with van der Waals surface area (Å²) >= 11 is 1.73. The molecule has 0 spiro atoms. The van der Waals surface area contributed by atoms with Gasteiger partial charge in [-0.1, -0.05) is 12.1 Å². The van der Waals surface area contributed by atoms with Crippen LogP contribution in [0.15, 0.2) is 60.0 Å². The summed E-state index contributed by atoms with van der Waals surface area (Å²) in [7, 11) is 4.80. The highest BCUT2D eigenvalue weighted by Gasteiger charge is 2.31. The summed E-state index contributed by atoms with van der Waals surface area (Å²) < 4.78 is 16.1. The molecule has 2 heterocycles. The molecular weight excluding hydrogens is 462 g/mol. The predicted octanol–water partition coefficient (Wildman–Crippen LogP) is 4.46. The third-order valence-electron chi connectivity index (χ3n) is 6.46. The van der Waals surface area contributed by atoms with Crippen molar-refractivity contribution in [2.24, 2.45) is 0 Å². The first-order valence-corrected chi connectivity index (χ1v) is 12.6. The average molecular weight is 496 g/mol. The van der Waals surface area contributed by atoms with Crippen LogP contribution in [-0.2, 0) is 0 Å². The molecule has 1 amide bonds. The Bertz CT molecular complexity index is 1100. The Morgan fingerprint density at radius 1 is 0.914 bits per heavy atom. The van der Waals surface area contributed by atoms with Gasteiger partial charge >= 0.3 is 0 Å². The fourth-order valence-electron chi connectivity index (χ4n) is 4.68. The zero-order valence-electron chi connectivity index (χ0n) is 20.7. The van der Waals surface area contributed by atoms with Crippen LogP contribution >= 0.6 is 11.3 Å². The van der Waals surface area contributed by atoms with E-state index in [0.717, 1.165) is 31.9 Å². The number of hydrogen-bond donors (Lipinski definition) is 1. The van der Waals surface area contributed by atoms with Crippen LogP contribution in [0.25, 0.3) is 0 Å². The van der Waals surface area contributed by atoms with Gasteiger partial charge in [-0.25, -0.2) is 0 Å². The maximum atomic E-state index is 13.3. The van der Waals surface area contributed by atoms with Crippen molar-refractivity contribution in [2.75, 3.05) is 52.4 Å². The van der Waals surface area contributed by atoms with Gasteiger partial charge in [-0.3, -0.25) is 9.69 Å². The van der Waals surface area contributed by atoms with E-state index < -0.39 is 0 Å². The summed E-state index contributed by atoms with van der Waals surface area (Å²) in [6.45, 7) is 5.70. The normalized spacial score (nSPS) is 15.8. The number of benzene rings is 2. The SMILES string of the molecule is COc1ccc(N2CCN([C@@H](c3cccs3)[C@H](C)NC(=O)c3cccc(OC)c3OC)CC2)cc1. The minimum Gasteiger partial charge on any atom is -0.497 e. The lowest BCUT2D eigenvalue weighted by atomic mass is 10.0. The van der Waals surface area contributed by atoms with Crippen LogP contribution in [0.5, 0.6) is 17.2 Å². The first kappa shape index (κ1) is 24.9. The standard InChI is InChI=1S/C27H33N3O4S/c1-19(28-27(31)22-7-5-8-23(33-3)26(22)34-4)25(24-9-6-18-35-24)30-16-14-29(15-17-30)20-10-12-21(32-2)13-11-20/h5-13,18-19,25H,14-17H2,1-4H3,(H,28,31)/t19-,25+/m0/s1. The van der Waals surface area contributed by atoms with E-state index >= 15 is 0 Å². The molecule has 4 rings (SSSR count). The lowest BCUT2D eigenvalue weighted by Gasteiger charge is -2.42. The van der Waals surface area contributed by atoms with Gasteiger partial charge in [0.2, 0.25) is 0 Å². The van der Waals surface area contributed by atoms with Crippen LogP contribution in [0.2, 0.25) is 0 Å². The van der Waals surface area contributed by atoms with Crippen LogP contribution in [0, 0.1) is 0 Å². The second-order valence-corrected chi connectivity index (χ2v) is 9.46. The lowest BCUT2D eigenvalue weighted by molar-refractivity contribution is 0.0887. The number of piperazine rings is 1. The molecule has 0 saturated carbocycles. The number of nitrogens with zero attached hydrogens (tertiary/aromatic N) is 2. The molecule has 0 aliphatic carbocycles. The van der Waals surface area contributed by atoms with Gasteiger partial charge < -0.3 is 24.4 Å². The third-order valence-corrected chi connectivity index (χ3v) is 7.40. The van der Waals surface area contributed by atoms with E-state index in [1.807, 2.05) is 12.1 Å². The van der Waals surface area contributed by atoms with Gasteiger partial charge in [0.05, 0.1) is 32.9 Å². The Labute approximate surface area is 211 Å². The van der Waals surface area contributed by atoms with Crippen LogP contribution in [0.1, 0.15) is 28.2 Å². The fourth-order valence-corrected chi connectivity index (χ4v) is 5.65. The molecule has 1 aromatic heterocycles. The Kier molecular flexibility index (Phi) is 8.15. The molecule has 35 heavy (non-hydrogen) atoms. The van der Waals surface area contributed by atoms with Gasteiger partial charge in [-0.2, -0.15) is 0 Å². The van der Waals surface area contributed by atoms with E-state index in [0.29, 0.717) is 17.1 Å². The summed E-state index contributed by atoms with van der Waals surface area (Å²) in [6.07, 6.45) is 0. The number of methoxy groups -OCH3 is 3. The van der Waals surface area contributed by atoms with E-state index in [1.54, 1.807) is 50.9 Å². The molecule has 8 heteroatoms. The summed E-state index contributed by atoms with van der Waals surface area (Å²) in [4.78, 5) is 19.4. The Hall–Kier alpha value is -3.23. The van der Waals surface area contributed by atoms with Gasteiger partial charge in [0.1, 0.15) is 5.75 Å². The maximum Gasteiger partial charge on any atom is 0.255 e. The van der Waals surface area contributed by atoms with Crippen molar-refractivity contribution in [1.29, 1.82) is 0 Å². The number of anilines is 1. The molecule has 1 aliphatic rings. The largest absolute Gasteiger partial charge is 0.497 e. The van der Waals surface area contributed by atoms with Crippen LogP contribution in [-0.4, -0.2) is 64.4 Å². The lowest BCUT2D eigenvalue weighted by Crippen LogP contribution is -2.52. The van der Waals surface area contributed by atoms with Gasteiger partial charge in [0.25, 0.3) is 5.91 Å². The van der Waals surface area contributed by atoms with Crippen LogP contribution in [0.3, 0.4) is 0 Å². The number of carbonyl (C=O) groups excluding carboxylic acids is 1. The maximum absolute atomic E-state index is 13.3. The number of nitrogens with one attached hydrogen (secondary N) is 1. The highest BCUT2D eigenvalue weighted by Crippen LogP contribution is 2.33. The quantitative estimate of drug-likeness (QED) is 0.473. The molecule has 1 saturated heterocycles. The highest BCUT2D eigenvalue weighted by molar-refractivity contribution is 7.10. The molecule has 1 N–H and O–H groups in total. The van der Waals surface area contributed by atoms with E-state index in [-0.39, 0.29) is 18.0 Å². The minimum absolute atomic E-state index is 0.0774. The average Bonchev–Trinajstić information content (AvgIpc) is 3.43. The molecule has 7 nitrogen and oxygen atoms in total. The molecule has 1 aliphatic heterocycles. The van der Waals surface area contributed by atoms with Crippen molar-refractivity contribution in [3.05, 3.63) is 70.4 Å². The van der Waals surface area contributed by atoms with E-state index in [2.05, 4.69) is 51.7 Å². The van der Waals surface area contributed by atoms with Crippen molar-refractivity contribution in [3.63, 3.8) is 0 Å². The number of amides is 1. The Morgan fingerprint density at radius 3 is 2.26 bits per heavy atom. The third kappa shape index (κ3) is 5.55. The van der Waals surface area contributed by atoms with Gasteiger partial charge in [0, 0.05) is 42.8 Å². The topological polar surface area (TPSA) is 63.3 Å². The smallest absolute Gasteiger partial charge is 0.255 e.